The number of carbonyl (C=O) groups is 1. The first kappa shape index (κ1) is 15.2. The van der Waals surface area contributed by atoms with Gasteiger partial charge in [-0.05, 0) is 30.5 Å². The van der Waals surface area contributed by atoms with E-state index in [9.17, 15) is 14.9 Å². The molecule has 0 bridgehead atoms. The van der Waals surface area contributed by atoms with Gasteiger partial charge in [0.05, 0.1) is 16.0 Å². The van der Waals surface area contributed by atoms with Crippen LogP contribution in [0.2, 0.25) is 0 Å². The van der Waals surface area contributed by atoms with Crippen molar-refractivity contribution in [1.82, 2.24) is 10.3 Å². The second-order valence-corrected chi connectivity index (χ2v) is 5.80. The maximum atomic E-state index is 11.2. The maximum absolute atomic E-state index is 11.2. The van der Waals surface area contributed by atoms with E-state index in [2.05, 4.69) is 15.2 Å². The van der Waals surface area contributed by atoms with Crippen LogP contribution in [-0.4, -0.2) is 35.4 Å². The van der Waals surface area contributed by atoms with Crippen LogP contribution < -0.4 is 10.2 Å². The fraction of sp³-hybridized carbons (Fsp3) is 0.375. The Bertz CT molecular complexity index is 762. The summed E-state index contributed by atoms with van der Waals surface area (Å²) in [6, 6.07) is 6.76. The Morgan fingerprint density at radius 3 is 3.04 bits per heavy atom. The number of nitro groups is 1. The highest BCUT2D eigenvalue weighted by Gasteiger charge is 2.26. The topological polar surface area (TPSA) is 88.4 Å². The van der Waals surface area contributed by atoms with Crippen LogP contribution in [0.5, 0.6) is 0 Å². The third-order valence-electron chi connectivity index (χ3n) is 4.19. The SMILES string of the molecule is CC(=O)NCC1CCN(c2ccc([N+](=O)[O-])c3cccnc23)C1. The van der Waals surface area contributed by atoms with Crippen LogP contribution in [0.3, 0.4) is 0 Å². The first-order valence-corrected chi connectivity index (χ1v) is 7.58. The van der Waals surface area contributed by atoms with Crippen molar-refractivity contribution >= 4 is 28.2 Å². The van der Waals surface area contributed by atoms with Crippen LogP contribution in [0.4, 0.5) is 11.4 Å². The maximum Gasteiger partial charge on any atom is 0.278 e. The number of nitrogens with zero attached hydrogens (tertiary/aromatic N) is 3. The molecule has 1 amide bonds. The molecule has 7 heteroatoms. The monoisotopic (exact) mass is 314 g/mol. The lowest BCUT2D eigenvalue weighted by Gasteiger charge is -2.20. The normalized spacial score (nSPS) is 17.4. The highest BCUT2D eigenvalue weighted by Crippen LogP contribution is 2.34. The molecule has 1 unspecified atom stereocenters. The highest BCUT2D eigenvalue weighted by atomic mass is 16.6. The number of amides is 1. The first-order valence-electron chi connectivity index (χ1n) is 7.58. The second kappa shape index (κ2) is 6.20. The van der Waals surface area contributed by atoms with Gasteiger partial charge < -0.3 is 10.2 Å². The third-order valence-corrected chi connectivity index (χ3v) is 4.19. The van der Waals surface area contributed by atoms with E-state index in [1.165, 1.54) is 6.92 Å². The van der Waals surface area contributed by atoms with Crippen LogP contribution in [-0.2, 0) is 4.79 Å². The molecule has 2 aromatic rings. The zero-order valence-corrected chi connectivity index (χ0v) is 12.9. The van der Waals surface area contributed by atoms with Gasteiger partial charge in [0, 0.05) is 38.8 Å². The van der Waals surface area contributed by atoms with E-state index in [-0.39, 0.29) is 16.5 Å². The fourth-order valence-electron chi connectivity index (χ4n) is 3.06. The van der Waals surface area contributed by atoms with Gasteiger partial charge in [-0.25, -0.2) is 0 Å². The van der Waals surface area contributed by atoms with Crippen LogP contribution in [0.1, 0.15) is 13.3 Å². The number of aromatic nitrogens is 1. The molecule has 2 heterocycles. The molecule has 7 nitrogen and oxygen atoms in total. The van der Waals surface area contributed by atoms with E-state index in [0.717, 1.165) is 25.2 Å². The van der Waals surface area contributed by atoms with Gasteiger partial charge >= 0.3 is 0 Å². The number of nitrogens with one attached hydrogen (secondary N) is 1. The van der Waals surface area contributed by atoms with Gasteiger partial charge in [-0.2, -0.15) is 0 Å². The highest BCUT2D eigenvalue weighted by molar-refractivity contribution is 5.97. The molecule has 1 aliphatic heterocycles. The minimum absolute atomic E-state index is 0.0223. The Kier molecular flexibility index (Phi) is 4.10. The molecule has 1 aromatic carbocycles. The quantitative estimate of drug-likeness (QED) is 0.689. The molecule has 3 rings (SSSR count). The average Bonchev–Trinajstić information content (AvgIpc) is 3.00. The fourth-order valence-corrected chi connectivity index (χ4v) is 3.06. The number of carbonyl (C=O) groups excluding carboxylic acids is 1. The van der Waals surface area contributed by atoms with Crippen molar-refractivity contribution in [2.24, 2.45) is 5.92 Å². The molecule has 23 heavy (non-hydrogen) atoms. The minimum Gasteiger partial charge on any atom is -0.369 e. The molecule has 120 valence electrons. The summed E-state index contributed by atoms with van der Waals surface area (Å²) in [6.07, 6.45) is 2.63. The summed E-state index contributed by atoms with van der Waals surface area (Å²) in [5.41, 5.74) is 1.64. The number of rotatable bonds is 4. The summed E-state index contributed by atoms with van der Waals surface area (Å²) in [5, 5.41) is 14.6. The number of hydrogen-bond acceptors (Lipinski definition) is 5. The molecule has 0 radical (unpaired) electrons. The Hall–Kier alpha value is -2.70. The largest absolute Gasteiger partial charge is 0.369 e. The van der Waals surface area contributed by atoms with Crippen molar-refractivity contribution in [2.45, 2.75) is 13.3 Å². The van der Waals surface area contributed by atoms with Crippen LogP contribution in [0, 0.1) is 16.0 Å². The molecule has 1 fully saturated rings. The van der Waals surface area contributed by atoms with Gasteiger partial charge in [0.15, 0.2) is 0 Å². The molecular formula is C16H18N4O3. The lowest BCUT2D eigenvalue weighted by Crippen LogP contribution is -2.29. The van der Waals surface area contributed by atoms with Crippen molar-refractivity contribution in [3.05, 3.63) is 40.6 Å². The summed E-state index contributed by atoms with van der Waals surface area (Å²) in [5.74, 6) is 0.360. The van der Waals surface area contributed by atoms with Crippen molar-refractivity contribution in [3.63, 3.8) is 0 Å². The van der Waals surface area contributed by atoms with Crippen molar-refractivity contribution in [1.29, 1.82) is 0 Å². The number of anilines is 1. The Balaban J connectivity index is 1.88. The molecule has 1 atom stereocenters. The number of hydrogen-bond donors (Lipinski definition) is 1. The standard InChI is InChI=1S/C16H18N4O3/c1-11(21)18-9-12-6-8-19(10-12)15-5-4-14(20(22)23)13-3-2-7-17-16(13)15/h2-5,7,12H,6,8-10H2,1H3,(H,18,21). The van der Waals surface area contributed by atoms with E-state index < -0.39 is 0 Å². The van der Waals surface area contributed by atoms with Crippen molar-refractivity contribution < 1.29 is 9.72 Å². The Morgan fingerprint density at radius 2 is 2.30 bits per heavy atom. The molecular weight excluding hydrogens is 296 g/mol. The van der Waals surface area contributed by atoms with Gasteiger partial charge in [0.1, 0.15) is 5.52 Å². The Morgan fingerprint density at radius 1 is 1.48 bits per heavy atom. The van der Waals surface area contributed by atoms with Gasteiger partial charge in [-0.3, -0.25) is 19.9 Å². The van der Waals surface area contributed by atoms with E-state index in [1.54, 1.807) is 30.5 Å². The molecule has 1 N–H and O–H groups in total. The van der Waals surface area contributed by atoms with E-state index >= 15 is 0 Å². The van der Waals surface area contributed by atoms with Crippen molar-refractivity contribution in [3.8, 4) is 0 Å². The molecule has 0 saturated carbocycles. The van der Waals surface area contributed by atoms with Gasteiger partial charge in [-0.15, -0.1) is 0 Å². The molecule has 1 aromatic heterocycles. The van der Waals surface area contributed by atoms with Crippen LogP contribution in [0.25, 0.3) is 10.9 Å². The summed E-state index contributed by atoms with van der Waals surface area (Å²) in [6.45, 7) is 3.84. The zero-order chi connectivity index (χ0) is 16.4. The summed E-state index contributed by atoms with van der Waals surface area (Å²) in [7, 11) is 0. The number of pyridine rings is 1. The lowest BCUT2D eigenvalue weighted by atomic mass is 10.1. The summed E-state index contributed by atoms with van der Waals surface area (Å²) >= 11 is 0. The first-order chi connectivity index (χ1) is 11.1. The number of non-ortho nitro benzene ring substituents is 1. The van der Waals surface area contributed by atoms with Gasteiger partial charge in [0.2, 0.25) is 5.91 Å². The van der Waals surface area contributed by atoms with Crippen molar-refractivity contribution in [2.75, 3.05) is 24.5 Å². The molecule has 1 saturated heterocycles. The predicted octanol–water partition coefficient (Wildman–Crippen LogP) is 2.11. The predicted molar refractivity (Wildman–Crippen MR) is 87.4 cm³/mol. The third kappa shape index (κ3) is 3.08. The van der Waals surface area contributed by atoms with E-state index in [0.29, 0.717) is 23.4 Å². The van der Waals surface area contributed by atoms with E-state index in [4.69, 9.17) is 0 Å². The lowest BCUT2D eigenvalue weighted by molar-refractivity contribution is -0.383. The average molecular weight is 314 g/mol. The number of nitro benzene ring substituents is 1. The van der Waals surface area contributed by atoms with E-state index in [1.807, 2.05) is 0 Å². The summed E-state index contributed by atoms with van der Waals surface area (Å²) in [4.78, 5) is 28.4. The minimum atomic E-state index is -0.378. The Labute approximate surface area is 133 Å². The summed E-state index contributed by atoms with van der Waals surface area (Å²) < 4.78 is 0. The smallest absolute Gasteiger partial charge is 0.278 e. The zero-order valence-electron chi connectivity index (χ0n) is 12.9. The number of benzene rings is 1. The molecule has 0 spiro atoms. The molecule has 0 aliphatic carbocycles. The van der Waals surface area contributed by atoms with Gasteiger partial charge in [0.25, 0.3) is 5.69 Å². The molecule has 1 aliphatic rings. The van der Waals surface area contributed by atoms with Crippen LogP contribution in [0.15, 0.2) is 30.5 Å². The van der Waals surface area contributed by atoms with Crippen LogP contribution >= 0.6 is 0 Å². The number of fused-ring (bicyclic) bond motifs is 1. The second-order valence-electron chi connectivity index (χ2n) is 5.80. The van der Waals surface area contributed by atoms with Gasteiger partial charge in [-0.1, -0.05) is 0 Å².